The predicted molar refractivity (Wildman–Crippen MR) is 129 cm³/mol. The van der Waals surface area contributed by atoms with E-state index in [0.717, 1.165) is 22.4 Å². The Hall–Kier alpha value is -3.27. The molecule has 0 atom stereocenters. The minimum Gasteiger partial charge on any atom is -0.494 e. The molecule has 2 aromatic carbocycles. The van der Waals surface area contributed by atoms with Crippen LogP contribution in [-0.4, -0.2) is 27.3 Å². The number of nitrogens with zero attached hydrogens (tertiary/aromatic N) is 1. The molecule has 0 spiro atoms. The summed E-state index contributed by atoms with van der Waals surface area (Å²) in [6, 6.07) is 10.4. The van der Waals surface area contributed by atoms with Crippen LogP contribution in [0.5, 0.6) is 11.5 Å². The van der Waals surface area contributed by atoms with E-state index in [1.807, 2.05) is 33.8 Å². The Bertz CT molecular complexity index is 1160. The summed E-state index contributed by atoms with van der Waals surface area (Å²) >= 11 is 0. The SMILES string of the molecule is CCC1(CC)OC(=O)Nc2ccc(OCCCC=NOS(=O)(=O)Oc3ccc(C)c(C)c3)cc21. The van der Waals surface area contributed by atoms with E-state index in [2.05, 4.69) is 14.8 Å². The molecule has 9 nitrogen and oxygen atoms in total. The number of benzene rings is 2. The fourth-order valence-corrected chi connectivity index (χ4v) is 4.18. The fraction of sp³-hybridized carbons (Fsp3) is 0.417. The molecule has 1 heterocycles. The Labute approximate surface area is 200 Å². The first-order valence-electron chi connectivity index (χ1n) is 11.2. The molecule has 0 saturated heterocycles. The number of ether oxygens (including phenoxy) is 2. The average Bonchev–Trinajstić information content (AvgIpc) is 2.80. The van der Waals surface area contributed by atoms with Gasteiger partial charge in [0.25, 0.3) is 0 Å². The van der Waals surface area contributed by atoms with Crippen LogP contribution in [0, 0.1) is 13.8 Å². The molecular formula is C24H30N2O7S. The van der Waals surface area contributed by atoms with Crippen molar-refractivity contribution in [3.05, 3.63) is 53.1 Å². The summed E-state index contributed by atoms with van der Waals surface area (Å²) in [5.41, 5.74) is 2.87. The zero-order valence-electron chi connectivity index (χ0n) is 19.8. The van der Waals surface area contributed by atoms with Gasteiger partial charge in [0, 0.05) is 11.8 Å². The van der Waals surface area contributed by atoms with E-state index in [9.17, 15) is 13.2 Å². The minimum atomic E-state index is -4.30. The number of carbonyl (C=O) groups is 1. The maximum absolute atomic E-state index is 11.9. The van der Waals surface area contributed by atoms with Crippen LogP contribution in [0.1, 0.15) is 56.2 Å². The van der Waals surface area contributed by atoms with E-state index in [-0.39, 0.29) is 5.75 Å². The fourth-order valence-electron chi connectivity index (χ4n) is 3.64. The lowest BCUT2D eigenvalue weighted by atomic mass is 9.86. The van der Waals surface area contributed by atoms with Crippen molar-refractivity contribution in [1.29, 1.82) is 0 Å². The molecule has 1 amide bonds. The number of amides is 1. The lowest BCUT2D eigenvalue weighted by Gasteiger charge is -2.37. The largest absolute Gasteiger partial charge is 0.521 e. The number of fused-ring (bicyclic) bond motifs is 1. The lowest BCUT2D eigenvalue weighted by Crippen LogP contribution is -2.38. The number of aryl methyl sites for hydroxylation is 2. The topological polar surface area (TPSA) is 113 Å². The molecule has 184 valence electrons. The van der Waals surface area contributed by atoms with Crippen LogP contribution < -0.4 is 14.2 Å². The molecule has 0 saturated carbocycles. The summed E-state index contributed by atoms with van der Waals surface area (Å²) in [7, 11) is -4.30. The van der Waals surface area contributed by atoms with Gasteiger partial charge in [0.2, 0.25) is 0 Å². The van der Waals surface area contributed by atoms with E-state index >= 15 is 0 Å². The molecule has 3 rings (SSSR count). The minimum absolute atomic E-state index is 0.164. The highest BCUT2D eigenvalue weighted by Gasteiger charge is 2.39. The molecule has 1 aliphatic heterocycles. The number of rotatable bonds is 11. The van der Waals surface area contributed by atoms with Crippen molar-refractivity contribution in [3.8, 4) is 11.5 Å². The first-order valence-corrected chi connectivity index (χ1v) is 12.5. The summed E-state index contributed by atoms with van der Waals surface area (Å²) in [5, 5.41) is 6.21. The maximum atomic E-state index is 11.9. The summed E-state index contributed by atoms with van der Waals surface area (Å²) in [6.45, 7) is 8.12. The van der Waals surface area contributed by atoms with Crippen molar-refractivity contribution in [2.45, 2.75) is 59.0 Å². The molecular weight excluding hydrogens is 460 g/mol. The van der Waals surface area contributed by atoms with E-state index in [0.29, 0.717) is 38.0 Å². The molecule has 0 unspecified atom stereocenters. The molecule has 1 N–H and O–H groups in total. The summed E-state index contributed by atoms with van der Waals surface area (Å²) in [5.74, 6) is 0.819. The zero-order chi connectivity index (χ0) is 24.8. The summed E-state index contributed by atoms with van der Waals surface area (Å²) in [6.07, 6.45) is 3.23. The first kappa shape index (κ1) is 25.4. The number of unbranched alkanes of at least 4 members (excludes halogenated alkanes) is 1. The van der Waals surface area contributed by atoms with Crippen molar-refractivity contribution in [2.75, 3.05) is 11.9 Å². The number of cyclic esters (lactones) is 1. The zero-order valence-corrected chi connectivity index (χ0v) is 20.6. The highest BCUT2D eigenvalue weighted by molar-refractivity contribution is 7.82. The first-order chi connectivity index (χ1) is 16.2. The van der Waals surface area contributed by atoms with Crippen LogP contribution in [-0.2, 0) is 25.0 Å². The number of nitrogens with one attached hydrogen (secondary N) is 1. The highest BCUT2D eigenvalue weighted by atomic mass is 32.3. The van der Waals surface area contributed by atoms with E-state index < -0.39 is 22.1 Å². The quantitative estimate of drug-likeness (QED) is 0.256. The molecule has 10 heteroatoms. The van der Waals surface area contributed by atoms with Gasteiger partial charge in [0.05, 0.1) is 12.3 Å². The molecule has 0 bridgehead atoms. The third kappa shape index (κ3) is 6.19. The molecule has 0 radical (unpaired) electrons. The molecule has 0 aliphatic carbocycles. The second-order valence-corrected chi connectivity index (χ2v) is 9.15. The Morgan fingerprint density at radius 3 is 2.50 bits per heavy atom. The maximum Gasteiger partial charge on any atom is 0.521 e. The second-order valence-electron chi connectivity index (χ2n) is 8.01. The van der Waals surface area contributed by atoms with Crippen LogP contribution >= 0.6 is 0 Å². The van der Waals surface area contributed by atoms with Gasteiger partial charge in [-0.1, -0.05) is 25.1 Å². The monoisotopic (exact) mass is 490 g/mol. The van der Waals surface area contributed by atoms with Gasteiger partial charge < -0.3 is 13.7 Å². The smallest absolute Gasteiger partial charge is 0.494 e. The Morgan fingerprint density at radius 2 is 1.79 bits per heavy atom. The number of hydrogen-bond donors (Lipinski definition) is 1. The lowest BCUT2D eigenvalue weighted by molar-refractivity contribution is 0.00452. The van der Waals surface area contributed by atoms with Crippen LogP contribution in [0.4, 0.5) is 10.5 Å². The van der Waals surface area contributed by atoms with Gasteiger partial charge in [-0.2, -0.15) is 0 Å². The van der Waals surface area contributed by atoms with Gasteiger partial charge in [-0.25, -0.2) is 9.08 Å². The van der Waals surface area contributed by atoms with E-state index in [4.69, 9.17) is 13.7 Å². The number of carbonyl (C=O) groups excluding carboxylic acids is 1. The highest BCUT2D eigenvalue weighted by Crippen LogP contribution is 2.42. The van der Waals surface area contributed by atoms with Crippen molar-refractivity contribution in [1.82, 2.24) is 0 Å². The second kappa shape index (κ2) is 10.8. The van der Waals surface area contributed by atoms with Gasteiger partial charge in [-0.15, -0.1) is 8.42 Å². The van der Waals surface area contributed by atoms with Crippen molar-refractivity contribution < 1.29 is 31.2 Å². The normalized spacial score (nSPS) is 14.8. The molecule has 34 heavy (non-hydrogen) atoms. The Balaban J connectivity index is 1.47. The van der Waals surface area contributed by atoms with Crippen LogP contribution in [0.3, 0.4) is 0 Å². The Kier molecular flexibility index (Phi) is 8.03. The summed E-state index contributed by atoms with van der Waals surface area (Å²) in [4.78, 5) is 11.9. The predicted octanol–water partition coefficient (Wildman–Crippen LogP) is 5.37. The van der Waals surface area contributed by atoms with Crippen molar-refractivity contribution in [2.24, 2.45) is 5.16 Å². The number of anilines is 1. The molecule has 0 aromatic heterocycles. The van der Waals surface area contributed by atoms with E-state index in [1.165, 1.54) is 6.21 Å². The van der Waals surface area contributed by atoms with Crippen LogP contribution in [0.15, 0.2) is 41.6 Å². The van der Waals surface area contributed by atoms with Crippen LogP contribution in [0.25, 0.3) is 0 Å². The van der Waals surface area contributed by atoms with Crippen molar-refractivity contribution >= 4 is 28.4 Å². The van der Waals surface area contributed by atoms with Crippen LogP contribution in [0.2, 0.25) is 0 Å². The third-order valence-electron chi connectivity index (χ3n) is 5.78. The standard InChI is InChI=1S/C24H30N2O7S/c1-5-24(6-2)21-16-19(11-12-22(21)26-23(27)31-24)30-14-8-7-13-25-33-34(28,29)32-20-10-9-17(3)18(4)15-20/h9-13,15-16H,5-8,14H2,1-4H3,(H,26,27). The Morgan fingerprint density at radius 1 is 1.06 bits per heavy atom. The molecule has 2 aromatic rings. The van der Waals surface area contributed by atoms with Gasteiger partial charge in [-0.05, 0) is 81.0 Å². The summed E-state index contributed by atoms with van der Waals surface area (Å²) < 4.78 is 44.6. The number of oxime groups is 1. The van der Waals surface area contributed by atoms with Gasteiger partial charge >= 0.3 is 16.5 Å². The van der Waals surface area contributed by atoms with Crippen molar-refractivity contribution in [3.63, 3.8) is 0 Å². The van der Waals surface area contributed by atoms with Gasteiger partial charge in [-0.3, -0.25) is 5.32 Å². The third-order valence-corrected chi connectivity index (χ3v) is 6.45. The van der Waals surface area contributed by atoms with E-state index in [1.54, 1.807) is 30.3 Å². The van der Waals surface area contributed by atoms with Gasteiger partial charge in [0.1, 0.15) is 17.1 Å². The average molecular weight is 491 g/mol. The molecule has 1 aliphatic rings. The molecule has 0 fully saturated rings. The van der Waals surface area contributed by atoms with Gasteiger partial charge in [0.15, 0.2) is 0 Å². The number of hydrogen-bond acceptors (Lipinski definition) is 8.